The van der Waals surface area contributed by atoms with Gasteiger partial charge < -0.3 is 9.47 Å². The molecule has 0 N–H and O–H groups in total. The van der Waals surface area contributed by atoms with Crippen LogP contribution in [0.5, 0.6) is 11.5 Å². The summed E-state index contributed by atoms with van der Waals surface area (Å²) in [5.41, 5.74) is 0.852. The van der Waals surface area contributed by atoms with Crippen molar-refractivity contribution in [1.29, 1.82) is 0 Å². The largest absolute Gasteiger partial charge is 0.494 e. The van der Waals surface area contributed by atoms with E-state index in [1.165, 1.54) is 4.90 Å². The fourth-order valence-electron chi connectivity index (χ4n) is 2.50. The quantitative estimate of drug-likeness (QED) is 0.624. The summed E-state index contributed by atoms with van der Waals surface area (Å²) in [7, 11) is 0. The van der Waals surface area contributed by atoms with Crippen LogP contribution in [-0.4, -0.2) is 35.8 Å². The van der Waals surface area contributed by atoms with Crippen LogP contribution in [-0.2, 0) is 4.79 Å². The summed E-state index contributed by atoms with van der Waals surface area (Å²) in [6.45, 7) is 3.21. The van der Waals surface area contributed by atoms with Crippen molar-refractivity contribution in [3.63, 3.8) is 0 Å². The first-order chi connectivity index (χ1) is 13.2. The van der Waals surface area contributed by atoms with E-state index in [9.17, 15) is 9.59 Å². The van der Waals surface area contributed by atoms with Crippen LogP contribution in [0.4, 0.5) is 4.79 Å². The van der Waals surface area contributed by atoms with E-state index in [1.807, 2.05) is 54.6 Å². The van der Waals surface area contributed by atoms with E-state index in [0.29, 0.717) is 17.3 Å². The lowest BCUT2D eigenvalue weighted by Gasteiger charge is -2.13. The zero-order valence-electron chi connectivity index (χ0n) is 15.1. The Balaban J connectivity index is 1.58. The van der Waals surface area contributed by atoms with Gasteiger partial charge in [0.05, 0.1) is 18.1 Å². The lowest BCUT2D eigenvalue weighted by Crippen LogP contribution is -2.32. The van der Waals surface area contributed by atoms with E-state index < -0.39 is 0 Å². The zero-order valence-corrected chi connectivity index (χ0v) is 15.9. The minimum Gasteiger partial charge on any atom is -0.494 e. The first kappa shape index (κ1) is 19.0. The summed E-state index contributed by atoms with van der Waals surface area (Å²) in [6, 6.07) is 16.8. The molecule has 0 bridgehead atoms. The second kappa shape index (κ2) is 9.28. The minimum atomic E-state index is -0.284. The molecular formula is C21H21NO4S. The Labute approximate surface area is 163 Å². The van der Waals surface area contributed by atoms with Gasteiger partial charge >= 0.3 is 0 Å². The van der Waals surface area contributed by atoms with Crippen molar-refractivity contribution in [2.24, 2.45) is 0 Å². The highest BCUT2D eigenvalue weighted by Gasteiger charge is 2.34. The zero-order chi connectivity index (χ0) is 19.1. The standard InChI is InChI=1S/C21H21NO4S/c1-2-13-25-18-10-8-16(9-11-18)15-19-20(23)22(21(24)27-19)12-14-26-17-6-4-3-5-7-17/h3-11,15H,2,12-14H2,1H3/b19-15-. The number of benzene rings is 2. The summed E-state index contributed by atoms with van der Waals surface area (Å²) >= 11 is 0.953. The number of nitrogens with zero attached hydrogens (tertiary/aromatic N) is 1. The van der Waals surface area contributed by atoms with Crippen molar-refractivity contribution in [3.05, 3.63) is 65.1 Å². The number of rotatable bonds is 8. The molecule has 0 spiro atoms. The van der Waals surface area contributed by atoms with Gasteiger partial charge in [0.1, 0.15) is 18.1 Å². The summed E-state index contributed by atoms with van der Waals surface area (Å²) < 4.78 is 11.1. The Morgan fingerprint density at radius 2 is 1.59 bits per heavy atom. The third-order valence-electron chi connectivity index (χ3n) is 3.85. The van der Waals surface area contributed by atoms with E-state index in [1.54, 1.807) is 6.08 Å². The number of ether oxygens (including phenoxy) is 2. The third kappa shape index (κ3) is 5.14. The van der Waals surface area contributed by atoms with Crippen LogP contribution in [0, 0.1) is 0 Å². The molecule has 1 aliphatic rings. The SMILES string of the molecule is CCCOc1ccc(/C=C2\SC(=O)N(CCOc3ccccc3)C2=O)cc1. The Morgan fingerprint density at radius 1 is 0.926 bits per heavy atom. The molecule has 0 saturated carbocycles. The van der Waals surface area contributed by atoms with Gasteiger partial charge in [-0.25, -0.2) is 0 Å². The smallest absolute Gasteiger partial charge is 0.293 e. The highest BCUT2D eigenvalue weighted by Crippen LogP contribution is 2.32. The molecule has 3 rings (SSSR count). The van der Waals surface area contributed by atoms with Crippen molar-refractivity contribution in [3.8, 4) is 11.5 Å². The molecule has 2 amide bonds. The Kier molecular flexibility index (Phi) is 6.54. The average Bonchev–Trinajstić information content (AvgIpc) is 2.95. The number of imide groups is 1. The van der Waals surface area contributed by atoms with Crippen LogP contribution in [0.15, 0.2) is 59.5 Å². The van der Waals surface area contributed by atoms with Crippen LogP contribution in [0.25, 0.3) is 6.08 Å². The van der Waals surface area contributed by atoms with Gasteiger partial charge in [0.25, 0.3) is 11.1 Å². The summed E-state index contributed by atoms with van der Waals surface area (Å²) in [4.78, 5) is 26.3. The molecule has 0 radical (unpaired) electrons. The Morgan fingerprint density at radius 3 is 2.30 bits per heavy atom. The van der Waals surface area contributed by atoms with Crippen LogP contribution in [0.2, 0.25) is 0 Å². The number of para-hydroxylation sites is 1. The summed E-state index contributed by atoms with van der Waals surface area (Å²) in [5, 5.41) is -0.272. The Hall–Kier alpha value is -2.73. The van der Waals surface area contributed by atoms with Gasteiger partial charge in [-0.3, -0.25) is 14.5 Å². The van der Waals surface area contributed by atoms with Crippen molar-refractivity contribution < 1.29 is 19.1 Å². The lowest BCUT2D eigenvalue weighted by atomic mass is 10.2. The first-order valence-corrected chi connectivity index (χ1v) is 9.65. The second-order valence-corrected chi connectivity index (χ2v) is 6.91. The van der Waals surface area contributed by atoms with E-state index in [4.69, 9.17) is 9.47 Å². The molecular weight excluding hydrogens is 362 g/mol. The van der Waals surface area contributed by atoms with Gasteiger partial charge in [-0.15, -0.1) is 0 Å². The van der Waals surface area contributed by atoms with Crippen LogP contribution >= 0.6 is 11.8 Å². The number of carbonyl (C=O) groups is 2. The fourth-order valence-corrected chi connectivity index (χ4v) is 3.36. The summed E-state index contributed by atoms with van der Waals surface area (Å²) in [5.74, 6) is 1.22. The molecule has 140 valence electrons. The number of hydrogen-bond donors (Lipinski definition) is 0. The summed E-state index contributed by atoms with van der Waals surface area (Å²) in [6.07, 6.45) is 2.68. The molecule has 1 fully saturated rings. The monoisotopic (exact) mass is 383 g/mol. The highest BCUT2D eigenvalue weighted by molar-refractivity contribution is 8.18. The fraction of sp³-hybridized carbons (Fsp3) is 0.238. The maximum atomic E-state index is 12.5. The number of hydrogen-bond acceptors (Lipinski definition) is 5. The predicted molar refractivity (Wildman–Crippen MR) is 107 cm³/mol. The van der Waals surface area contributed by atoms with E-state index in [2.05, 4.69) is 6.92 Å². The minimum absolute atomic E-state index is 0.223. The van der Waals surface area contributed by atoms with E-state index >= 15 is 0 Å². The second-order valence-electron chi connectivity index (χ2n) is 5.91. The van der Waals surface area contributed by atoms with Gasteiger partial charge in [0.2, 0.25) is 0 Å². The molecule has 2 aromatic carbocycles. The lowest BCUT2D eigenvalue weighted by molar-refractivity contribution is -0.123. The van der Waals surface area contributed by atoms with Crippen LogP contribution in [0.3, 0.4) is 0 Å². The molecule has 0 atom stereocenters. The van der Waals surface area contributed by atoms with Crippen molar-refractivity contribution in [2.75, 3.05) is 19.8 Å². The van der Waals surface area contributed by atoms with Gasteiger partial charge in [0, 0.05) is 0 Å². The van der Waals surface area contributed by atoms with Crippen molar-refractivity contribution >= 4 is 29.0 Å². The molecule has 27 heavy (non-hydrogen) atoms. The van der Waals surface area contributed by atoms with Crippen LogP contribution < -0.4 is 9.47 Å². The Bertz CT molecular complexity index is 818. The highest BCUT2D eigenvalue weighted by atomic mass is 32.2. The van der Waals surface area contributed by atoms with Gasteiger partial charge in [0.15, 0.2) is 0 Å². The van der Waals surface area contributed by atoms with Crippen molar-refractivity contribution in [1.82, 2.24) is 4.90 Å². The molecule has 2 aromatic rings. The van der Waals surface area contributed by atoms with E-state index in [0.717, 1.165) is 29.5 Å². The average molecular weight is 383 g/mol. The van der Waals surface area contributed by atoms with Gasteiger partial charge in [-0.2, -0.15) is 0 Å². The number of amides is 2. The number of carbonyl (C=O) groups excluding carboxylic acids is 2. The molecule has 0 aromatic heterocycles. The molecule has 5 nitrogen and oxygen atoms in total. The molecule has 0 unspecified atom stereocenters. The maximum Gasteiger partial charge on any atom is 0.293 e. The van der Waals surface area contributed by atoms with Gasteiger partial charge in [-0.05, 0) is 54.1 Å². The van der Waals surface area contributed by atoms with Gasteiger partial charge in [-0.1, -0.05) is 37.3 Å². The first-order valence-electron chi connectivity index (χ1n) is 8.83. The normalized spacial score (nSPS) is 15.4. The third-order valence-corrected chi connectivity index (χ3v) is 4.76. The maximum absolute atomic E-state index is 12.5. The molecule has 1 heterocycles. The van der Waals surface area contributed by atoms with Crippen molar-refractivity contribution in [2.45, 2.75) is 13.3 Å². The molecule has 1 aliphatic heterocycles. The van der Waals surface area contributed by atoms with E-state index in [-0.39, 0.29) is 24.3 Å². The predicted octanol–water partition coefficient (Wildman–Crippen LogP) is 4.59. The van der Waals surface area contributed by atoms with Crippen LogP contribution in [0.1, 0.15) is 18.9 Å². The topological polar surface area (TPSA) is 55.8 Å². The number of thioether (sulfide) groups is 1. The molecule has 1 saturated heterocycles. The molecule has 0 aliphatic carbocycles. The molecule has 6 heteroatoms.